The van der Waals surface area contributed by atoms with Crippen LogP contribution in [0, 0.1) is 17.1 Å². The second-order valence-corrected chi connectivity index (χ2v) is 6.31. The summed E-state index contributed by atoms with van der Waals surface area (Å²) >= 11 is 1.43. The first-order valence-electron chi connectivity index (χ1n) is 7.50. The maximum absolute atomic E-state index is 13.0. The van der Waals surface area contributed by atoms with Crippen LogP contribution in [-0.2, 0) is 4.79 Å². The first-order chi connectivity index (χ1) is 12.2. The smallest absolute Gasteiger partial charge is 0.266 e. The van der Waals surface area contributed by atoms with Crippen molar-refractivity contribution < 1.29 is 9.18 Å². The normalized spacial score (nSPS) is 11.0. The molecule has 0 bridgehead atoms. The van der Waals surface area contributed by atoms with Crippen LogP contribution in [0.4, 0.5) is 10.1 Å². The number of nitrogens with one attached hydrogen (secondary N) is 1. The van der Waals surface area contributed by atoms with Crippen molar-refractivity contribution in [2.24, 2.45) is 0 Å². The molecule has 0 saturated carbocycles. The van der Waals surface area contributed by atoms with Crippen molar-refractivity contribution >= 4 is 29.0 Å². The van der Waals surface area contributed by atoms with Gasteiger partial charge in [-0.1, -0.05) is 30.3 Å². The number of hydrogen-bond acceptors (Lipinski definition) is 3. The summed E-state index contributed by atoms with van der Waals surface area (Å²) in [6, 6.07) is 20.8. The lowest BCUT2D eigenvalue weighted by atomic mass is 10.2. The summed E-state index contributed by atoms with van der Waals surface area (Å²) in [6.07, 6.45) is 1.55. The van der Waals surface area contributed by atoms with E-state index in [1.165, 1.54) is 23.5 Å². The molecule has 1 heterocycles. The Hall–Kier alpha value is -3.23. The zero-order chi connectivity index (χ0) is 17.6. The van der Waals surface area contributed by atoms with E-state index in [-0.39, 0.29) is 11.4 Å². The summed E-state index contributed by atoms with van der Waals surface area (Å²) in [7, 11) is 0. The molecule has 0 aliphatic carbocycles. The second-order valence-electron chi connectivity index (χ2n) is 5.20. The van der Waals surface area contributed by atoms with Crippen LogP contribution in [0.15, 0.2) is 72.3 Å². The van der Waals surface area contributed by atoms with Crippen molar-refractivity contribution in [3.05, 3.63) is 83.0 Å². The molecule has 5 heteroatoms. The molecule has 0 fully saturated rings. The number of nitrogens with zero attached hydrogens (tertiary/aromatic N) is 1. The van der Waals surface area contributed by atoms with Crippen molar-refractivity contribution in [1.29, 1.82) is 5.26 Å². The van der Waals surface area contributed by atoms with Gasteiger partial charge in [-0.05, 0) is 48.0 Å². The Bertz CT molecular complexity index is 953. The molecule has 3 rings (SSSR count). The molecule has 3 nitrogen and oxygen atoms in total. The highest BCUT2D eigenvalue weighted by atomic mass is 32.1. The van der Waals surface area contributed by atoms with Crippen LogP contribution in [0.5, 0.6) is 0 Å². The van der Waals surface area contributed by atoms with E-state index in [4.69, 9.17) is 0 Å². The highest BCUT2D eigenvalue weighted by molar-refractivity contribution is 7.16. The van der Waals surface area contributed by atoms with Crippen molar-refractivity contribution in [2.75, 3.05) is 5.32 Å². The zero-order valence-electron chi connectivity index (χ0n) is 13.1. The van der Waals surface area contributed by atoms with E-state index in [2.05, 4.69) is 5.32 Å². The van der Waals surface area contributed by atoms with Crippen LogP contribution in [0.3, 0.4) is 0 Å². The largest absolute Gasteiger partial charge is 0.321 e. The number of nitriles is 1. The quantitative estimate of drug-likeness (QED) is 0.527. The third-order valence-electron chi connectivity index (χ3n) is 3.44. The number of halogens is 1. The molecule has 122 valence electrons. The number of amides is 1. The van der Waals surface area contributed by atoms with Gasteiger partial charge in [0.2, 0.25) is 0 Å². The number of benzene rings is 2. The molecular weight excluding hydrogens is 335 g/mol. The fourth-order valence-corrected chi connectivity index (χ4v) is 3.17. The van der Waals surface area contributed by atoms with E-state index in [9.17, 15) is 14.4 Å². The van der Waals surface area contributed by atoms with Gasteiger partial charge in [0, 0.05) is 15.4 Å². The third kappa shape index (κ3) is 4.19. The number of carbonyl (C=O) groups is 1. The van der Waals surface area contributed by atoms with E-state index < -0.39 is 5.91 Å². The lowest BCUT2D eigenvalue weighted by molar-refractivity contribution is -0.112. The highest BCUT2D eigenvalue weighted by Crippen LogP contribution is 2.29. The molecule has 0 aliphatic heterocycles. The number of rotatable bonds is 4. The Kier molecular flexibility index (Phi) is 5.03. The van der Waals surface area contributed by atoms with E-state index in [0.717, 1.165) is 15.3 Å². The molecule has 0 unspecified atom stereocenters. The molecule has 0 saturated heterocycles. The van der Waals surface area contributed by atoms with Crippen molar-refractivity contribution in [2.45, 2.75) is 0 Å². The summed E-state index contributed by atoms with van der Waals surface area (Å²) in [5.74, 6) is -0.741. The average molecular weight is 348 g/mol. The minimum absolute atomic E-state index is 0.0244. The van der Waals surface area contributed by atoms with Gasteiger partial charge in [-0.15, -0.1) is 11.3 Å². The van der Waals surface area contributed by atoms with Gasteiger partial charge in [-0.25, -0.2) is 4.39 Å². The first kappa shape index (κ1) is 16.6. The molecule has 1 N–H and O–H groups in total. The zero-order valence-corrected chi connectivity index (χ0v) is 13.9. The van der Waals surface area contributed by atoms with E-state index in [1.54, 1.807) is 42.5 Å². The molecule has 2 aromatic carbocycles. The van der Waals surface area contributed by atoms with Gasteiger partial charge in [0.05, 0.1) is 0 Å². The van der Waals surface area contributed by atoms with Gasteiger partial charge in [-0.3, -0.25) is 4.79 Å². The summed E-state index contributed by atoms with van der Waals surface area (Å²) in [5.41, 5.74) is 1.54. The minimum Gasteiger partial charge on any atom is -0.321 e. The van der Waals surface area contributed by atoms with Crippen LogP contribution >= 0.6 is 11.3 Å². The molecule has 25 heavy (non-hydrogen) atoms. The van der Waals surface area contributed by atoms with Gasteiger partial charge in [-0.2, -0.15) is 5.26 Å². The Morgan fingerprint density at radius 1 is 1.04 bits per heavy atom. The van der Waals surface area contributed by atoms with E-state index in [1.807, 2.05) is 24.3 Å². The van der Waals surface area contributed by atoms with E-state index >= 15 is 0 Å². The topological polar surface area (TPSA) is 52.9 Å². The van der Waals surface area contributed by atoms with Crippen LogP contribution in [-0.4, -0.2) is 5.91 Å². The fourth-order valence-electron chi connectivity index (χ4n) is 2.21. The fraction of sp³-hybridized carbons (Fsp3) is 0. The Morgan fingerprint density at radius 3 is 2.44 bits per heavy atom. The van der Waals surface area contributed by atoms with Crippen molar-refractivity contribution in [3.8, 4) is 16.5 Å². The molecular formula is C20H13FN2OS. The molecule has 0 spiro atoms. The molecule has 3 aromatic rings. The number of para-hydroxylation sites is 1. The van der Waals surface area contributed by atoms with Gasteiger partial charge >= 0.3 is 0 Å². The predicted octanol–water partition coefficient (Wildman–Crippen LogP) is 5.10. The SMILES string of the molecule is N#C/C(=C\c1ccc(-c2ccc(F)cc2)s1)C(=O)Nc1ccccc1. The van der Waals surface area contributed by atoms with Crippen LogP contribution < -0.4 is 5.32 Å². The van der Waals surface area contributed by atoms with Gasteiger partial charge in [0.1, 0.15) is 17.5 Å². The summed E-state index contributed by atoms with van der Waals surface area (Å²) in [6.45, 7) is 0. The lowest BCUT2D eigenvalue weighted by Gasteiger charge is -2.03. The molecule has 1 aromatic heterocycles. The minimum atomic E-state index is -0.453. The summed E-state index contributed by atoms with van der Waals surface area (Å²) in [5, 5.41) is 12.0. The second kappa shape index (κ2) is 7.56. The maximum atomic E-state index is 13.0. The third-order valence-corrected chi connectivity index (χ3v) is 4.52. The standard InChI is InChI=1S/C20H13FN2OS/c21-16-8-6-14(7-9-16)19-11-10-18(25-19)12-15(13-22)20(24)23-17-4-2-1-3-5-17/h1-12H,(H,23,24)/b15-12+. The Labute approximate surface area is 148 Å². The summed E-state index contributed by atoms with van der Waals surface area (Å²) < 4.78 is 13.0. The van der Waals surface area contributed by atoms with Crippen LogP contribution in [0.2, 0.25) is 0 Å². The Balaban J connectivity index is 1.80. The number of anilines is 1. The van der Waals surface area contributed by atoms with Crippen molar-refractivity contribution in [3.63, 3.8) is 0 Å². The monoisotopic (exact) mass is 348 g/mol. The number of carbonyl (C=O) groups excluding carboxylic acids is 1. The molecule has 0 atom stereocenters. The van der Waals surface area contributed by atoms with Gasteiger partial charge in [0.15, 0.2) is 0 Å². The molecule has 0 radical (unpaired) electrons. The van der Waals surface area contributed by atoms with Crippen LogP contribution in [0.1, 0.15) is 4.88 Å². The molecule has 0 aliphatic rings. The summed E-state index contributed by atoms with van der Waals surface area (Å²) in [4.78, 5) is 13.9. The first-order valence-corrected chi connectivity index (χ1v) is 8.31. The molecule has 1 amide bonds. The van der Waals surface area contributed by atoms with Gasteiger partial charge in [0.25, 0.3) is 5.91 Å². The average Bonchev–Trinajstić information content (AvgIpc) is 3.09. The number of thiophene rings is 1. The van der Waals surface area contributed by atoms with Crippen molar-refractivity contribution in [1.82, 2.24) is 0 Å². The van der Waals surface area contributed by atoms with E-state index in [0.29, 0.717) is 5.69 Å². The lowest BCUT2D eigenvalue weighted by Crippen LogP contribution is -2.13. The predicted molar refractivity (Wildman–Crippen MR) is 98.4 cm³/mol. The van der Waals surface area contributed by atoms with Gasteiger partial charge < -0.3 is 5.32 Å². The highest BCUT2D eigenvalue weighted by Gasteiger charge is 2.10. The Morgan fingerprint density at radius 2 is 1.76 bits per heavy atom. The maximum Gasteiger partial charge on any atom is 0.266 e. The van der Waals surface area contributed by atoms with Crippen LogP contribution in [0.25, 0.3) is 16.5 Å². The number of hydrogen-bond donors (Lipinski definition) is 1.